The summed E-state index contributed by atoms with van der Waals surface area (Å²) in [6, 6.07) is 0.224. The molecule has 0 aromatic carbocycles. The lowest BCUT2D eigenvalue weighted by Crippen LogP contribution is -2.36. The van der Waals surface area contributed by atoms with Crippen LogP contribution in [0.5, 0.6) is 6.01 Å². The van der Waals surface area contributed by atoms with Crippen molar-refractivity contribution in [1.82, 2.24) is 15.0 Å². The fourth-order valence-electron chi connectivity index (χ4n) is 2.67. The molecule has 21 heavy (non-hydrogen) atoms. The molecule has 1 fully saturated rings. The summed E-state index contributed by atoms with van der Waals surface area (Å²) < 4.78 is 5.45. The van der Waals surface area contributed by atoms with Crippen LogP contribution in [0.2, 0.25) is 0 Å². The first-order chi connectivity index (χ1) is 10.0. The van der Waals surface area contributed by atoms with E-state index in [4.69, 9.17) is 10.5 Å². The fourth-order valence-corrected chi connectivity index (χ4v) is 2.67. The van der Waals surface area contributed by atoms with Gasteiger partial charge in [0.1, 0.15) is 0 Å². The molecule has 7 heteroatoms. The maximum Gasteiger partial charge on any atom is 0.323 e. The molecule has 1 aliphatic carbocycles. The van der Waals surface area contributed by atoms with E-state index in [2.05, 4.69) is 20.3 Å². The Balaban J connectivity index is 2.03. The van der Waals surface area contributed by atoms with Crippen LogP contribution in [0.25, 0.3) is 0 Å². The molecule has 0 spiro atoms. The predicted molar refractivity (Wildman–Crippen MR) is 81.1 cm³/mol. The summed E-state index contributed by atoms with van der Waals surface area (Å²) in [6.07, 6.45) is 5.57. The minimum absolute atomic E-state index is 0.0261. The van der Waals surface area contributed by atoms with Crippen molar-refractivity contribution in [2.45, 2.75) is 52.1 Å². The number of nitrogens with two attached hydrogens (primary N) is 1. The van der Waals surface area contributed by atoms with Gasteiger partial charge in [-0.3, -0.25) is 0 Å². The fraction of sp³-hybridized carbons (Fsp3) is 0.786. The van der Waals surface area contributed by atoms with Gasteiger partial charge in [0.15, 0.2) is 0 Å². The number of aliphatic hydroxyl groups is 1. The first-order valence-corrected chi connectivity index (χ1v) is 7.56. The van der Waals surface area contributed by atoms with Crippen LogP contribution in [0, 0.1) is 5.41 Å². The van der Waals surface area contributed by atoms with Gasteiger partial charge in [-0.05, 0) is 26.7 Å². The minimum atomic E-state index is -0.0846. The van der Waals surface area contributed by atoms with E-state index in [-0.39, 0.29) is 30.1 Å². The molecule has 7 nitrogen and oxygen atoms in total. The van der Waals surface area contributed by atoms with Gasteiger partial charge in [-0.15, -0.1) is 0 Å². The van der Waals surface area contributed by atoms with E-state index in [0.29, 0.717) is 12.5 Å². The summed E-state index contributed by atoms with van der Waals surface area (Å²) in [5, 5.41) is 12.9. The molecule has 0 aliphatic heterocycles. The van der Waals surface area contributed by atoms with Crippen molar-refractivity contribution in [3.63, 3.8) is 0 Å². The first-order valence-electron chi connectivity index (χ1n) is 7.56. The first kappa shape index (κ1) is 15.8. The zero-order valence-electron chi connectivity index (χ0n) is 12.8. The van der Waals surface area contributed by atoms with Crippen LogP contribution in [-0.4, -0.2) is 39.3 Å². The lowest BCUT2D eigenvalue weighted by atomic mass is 9.74. The van der Waals surface area contributed by atoms with Gasteiger partial charge in [-0.2, -0.15) is 15.0 Å². The summed E-state index contributed by atoms with van der Waals surface area (Å²) in [5.74, 6) is 0.529. The summed E-state index contributed by atoms with van der Waals surface area (Å²) in [6.45, 7) is 4.61. The quantitative estimate of drug-likeness (QED) is 0.731. The minimum Gasteiger partial charge on any atom is -0.461 e. The highest BCUT2D eigenvalue weighted by Gasteiger charge is 2.31. The summed E-state index contributed by atoms with van der Waals surface area (Å²) in [5.41, 5.74) is 5.59. The van der Waals surface area contributed by atoms with Crippen molar-refractivity contribution in [1.29, 1.82) is 0 Å². The van der Waals surface area contributed by atoms with Gasteiger partial charge in [-0.1, -0.05) is 19.3 Å². The monoisotopic (exact) mass is 295 g/mol. The molecule has 0 bridgehead atoms. The summed E-state index contributed by atoms with van der Waals surface area (Å²) in [7, 11) is 0. The number of nitrogen functional groups attached to an aromatic ring is 1. The van der Waals surface area contributed by atoms with E-state index >= 15 is 0 Å². The molecule has 0 radical (unpaired) electrons. The number of nitrogens with one attached hydrogen (secondary N) is 1. The van der Waals surface area contributed by atoms with Crippen LogP contribution in [-0.2, 0) is 0 Å². The number of anilines is 2. The molecule has 4 N–H and O–H groups in total. The van der Waals surface area contributed by atoms with E-state index in [9.17, 15) is 5.11 Å². The smallest absolute Gasteiger partial charge is 0.323 e. The van der Waals surface area contributed by atoms with Gasteiger partial charge in [0.2, 0.25) is 11.9 Å². The van der Waals surface area contributed by atoms with Gasteiger partial charge in [0, 0.05) is 12.0 Å². The average molecular weight is 295 g/mol. The Hall–Kier alpha value is -1.63. The molecule has 1 aromatic rings. The van der Waals surface area contributed by atoms with E-state index in [0.717, 1.165) is 25.7 Å². The van der Waals surface area contributed by atoms with Crippen molar-refractivity contribution < 1.29 is 9.84 Å². The van der Waals surface area contributed by atoms with Crippen LogP contribution in [0.4, 0.5) is 11.9 Å². The number of hydrogen-bond acceptors (Lipinski definition) is 7. The van der Waals surface area contributed by atoms with Crippen molar-refractivity contribution in [2.75, 3.05) is 24.2 Å². The van der Waals surface area contributed by atoms with Crippen LogP contribution in [0.15, 0.2) is 0 Å². The molecule has 0 amide bonds. The highest BCUT2D eigenvalue weighted by molar-refractivity contribution is 5.33. The third kappa shape index (κ3) is 4.42. The molecular weight excluding hydrogens is 270 g/mol. The van der Waals surface area contributed by atoms with Crippen LogP contribution in [0.1, 0.15) is 46.0 Å². The second kappa shape index (κ2) is 6.89. The second-order valence-electron chi connectivity index (χ2n) is 6.04. The topological polar surface area (TPSA) is 106 Å². The summed E-state index contributed by atoms with van der Waals surface area (Å²) >= 11 is 0. The Morgan fingerprint density at radius 3 is 2.57 bits per heavy atom. The molecule has 1 heterocycles. The Morgan fingerprint density at radius 1 is 1.24 bits per heavy atom. The maximum absolute atomic E-state index is 9.71. The Kier molecular flexibility index (Phi) is 5.17. The molecule has 0 unspecified atom stereocenters. The molecule has 2 rings (SSSR count). The van der Waals surface area contributed by atoms with Crippen molar-refractivity contribution in [3.8, 4) is 6.01 Å². The van der Waals surface area contributed by atoms with Crippen molar-refractivity contribution >= 4 is 11.9 Å². The van der Waals surface area contributed by atoms with E-state index in [1.165, 1.54) is 6.42 Å². The van der Waals surface area contributed by atoms with Gasteiger partial charge < -0.3 is 20.9 Å². The number of ether oxygens (including phenoxy) is 1. The molecule has 0 saturated heterocycles. The van der Waals surface area contributed by atoms with E-state index < -0.39 is 0 Å². The third-order valence-electron chi connectivity index (χ3n) is 3.84. The number of rotatable bonds is 6. The molecule has 1 saturated carbocycles. The molecule has 118 valence electrons. The van der Waals surface area contributed by atoms with Crippen LogP contribution < -0.4 is 15.8 Å². The van der Waals surface area contributed by atoms with E-state index in [1.807, 2.05) is 13.8 Å². The Labute approximate surface area is 125 Å². The average Bonchev–Trinajstić information content (AvgIpc) is 2.45. The van der Waals surface area contributed by atoms with Gasteiger partial charge in [0.25, 0.3) is 0 Å². The molecule has 1 aromatic heterocycles. The normalized spacial score (nSPS) is 17.7. The van der Waals surface area contributed by atoms with Crippen LogP contribution in [0.3, 0.4) is 0 Å². The largest absolute Gasteiger partial charge is 0.461 e. The van der Waals surface area contributed by atoms with Gasteiger partial charge in [-0.25, -0.2) is 0 Å². The lowest BCUT2D eigenvalue weighted by Gasteiger charge is -2.35. The second-order valence-corrected chi connectivity index (χ2v) is 6.04. The van der Waals surface area contributed by atoms with Crippen molar-refractivity contribution in [2.24, 2.45) is 5.41 Å². The van der Waals surface area contributed by atoms with E-state index in [1.54, 1.807) is 0 Å². The predicted octanol–water partition coefficient (Wildman–Crippen LogP) is 1.60. The number of aliphatic hydroxyl groups excluding tert-OH is 1. The number of aromatic nitrogens is 3. The summed E-state index contributed by atoms with van der Waals surface area (Å²) in [4.78, 5) is 12.2. The van der Waals surface area contributed by atoms with Crippen molar-refractivity contribution in [3.05, 3.63) is 0 Å². The molecular formula is C14H25N5O2. The Morgan fingerprint density at radius 2 is 1.95 bits per heavy atom. The van der Waals surface area contributed by atoms with Crippen LogP contribution >= 0.6 is 0 Å². The number of hydrogen-bond donors (Lipinski definition) is 3. The van der Waals surface area contributed by atoms with Gasteiger partial charge in [0.05, 0.1) is 12.7 Å². The zero-order valence-corrected chi connectivity index (χ0v) is 12.8. The highest BCUT2D eigenvalue weighted by Crippen LogP contribution is 2.35. The highest BCUT2D eigenvalue weighted by atomic mass is 16.5. The molecule has 0 atom stereocenters. The van der Waals surface area contributed by atoms with Gasteiger partial charge >= 0.3 is 6.01 Å². The Bertz CT molecular complexity index is 461. The lowest BCUT2D eigenvalue weighted by molar-refractivity contribution is 0.0942. The third-order valence-corrected chi connectivity index (χ3v) is 3.84. The maximum atomic E-state index is 9.71. The number of nitrogens with zero attached hydrogens (tertiary/aromatic N) is 3. The SMILES string of the molecule is CC(C)Oc1nc(N)nc(NCC2(CO)CCCCC2)n1. The zero-order chi connectivity index (χ0) is 15.3. The molecule has 1 aliphatic rings. The standard InChI is InChI=1S/C14H25N5O2/c1-10(2)21-13-18-11(15)17-12(19-13)16-8-14(9-20)6-4-3-5-7-14/h10,20H,3-9H2,1-2H3,(H3,15,16,17,18,19).